The Kier molecular flexibility index (Phi) is 6.63. The number of pyridine rings is 2. The van der Waals surface area contributed by atoms with E-state index in [2.05, 4.69) is 15.3 Å². The molecule has 0 saturated carbocycles. The first-order chi connectivity index (χ1) is 16.9. The number of fused-ring (bicyclic) bond motifs is 1. The van der Waals surface area contributed by atoms with Crippen LogP contribution in [0.2, 0.25) is 0 Å². The normalized spacial score (nSPS) is 12.4. The van der Waals surface area contributed by atoms with E-state index in [1.807, 2.05) is 26.0 Å². The third-order valence-corrected chi connectivity index (χ3v) is 5.61. The van der Waals surface area contributed by atoms with Gasteiger partial charge in [0, 0.05) is 29.1 Å². The van der Waals surface area contributed by atoms with Gasteiger partial charge >= 0.3 is 5.97 Å². The van der Waals surface area contributed by atoms with Crippen molar-refractivity contribution < 1.29 is 18.3 Å². The number of esters is 1. The molecule has 4 aromatic rings. The number of hydrogen-bond donors (Lipinski definition) is 1. The number of rotatable bonds is 5. The molecule has 0 bridgehead atoms. The lowest BCUT2D eigenvalue weighted by atomic mass is 9.99. The highest BCUT2D eigenvalue weighted by molar-refractivity contribution is 5.94. The number of nitrogens with one attached hydrogen (secondary N) is 1. The molecule has 1 N–H and O–H groups in total. The summed E-state index contributed by atoms with van der Waals surface area (Å²) < 4.78 is 25.7. The Morgan fingerprint density at radius 3 is 2.58 bits per heavy atom. The molecule has 0 aliphatic heterocycles. The number of aryl methyl sites for hydroxylation is 1. The van der Waals surface area contributed by atoms with Gasteiger partial charge in [0.2, 0.25) is 5.95 Å². The second-order valence-electron chi connectivity index (χ2n) is 9.76. The quantitative estimate of drug-likeness (QED) is 0.266. The molecule has 0 radical (unpaired) electrons. The molecule has 1 unspecified atom stereocenters. The number of hydrogen-bond acceptors (Lipinski definition) is 7. The molecule has 0 spiro atoms. The SMILES string of the molecule is Cc1cc(C(C)Nc2ccc(F)nc2C(=O)OC(C)(C)C)c2oc(-c3cccnc3)c(C)c(=O)c2c1. The summed E-state index contributed by atoms with van der Waals surface area (Å²) in [7, 11) is 0. The fourth-order valence-corrected chi connectivity index (χ4v) is 4.01. The Labute approximate surface area is 208 Å². The van der Waals surface area contributed by atoms with Crippen molar-refractivity contribution in [1.29, 1.82) is 0 Å². The van der Waals surface area contributed by atoms with Crippen molar-refractivity contribution in [2.45, 2.75) is 53.2 Å². The van der Waals surface area contributed by atoms with Crippen LogP contribution in [0.15, 0.2) is 58.0 Å². The van der Waals surface area contributed by atoms with E-state index in [0.29, 0.717) is 39.1 Å². The molecule has 0 fully saturated rings. The largest absolute Gasteiger partial charge is 0.455 e. The fourth-order valence-electron chi connectivity index (χ4n) is 4.01. The lowest BCUT2D eigenvalue weighted by molar-refractivity contribution is 0.00628. The summed E-state index contributed by atoms with van der Waals surface area (Å²) in [5, 5.41) is 3.68. The van der Waals surface area contributed by atoms with E-state index < -0.39 is 23.6 Å². The standard InChI is InChI=1S/C28H28FN3O4/c1-15-12-19(17(3)31-21-9-10-22(29)32-23(21)27(34)36-28(4,5)6)26-20(13-15)24(33)16(2)25(35-26)18-8-7-11-30-14-18/h7-14,17,31H,1-6H3. The van der Waals surface area contributed by atoms with Gasteiger partial charge in [-0.15, -0.1) is 0 Å². The van der Waals surface area contributed by atoms with Crippen LogP contribution in [0.3, 0.4) is 0 Å². The average Bonchev–Trinajstić information content (AvgIpc) is 2.81. The van der Waals surface area contributed by atoms with Crippen molar-refractivity contribution >= 4 is 22.6 Å². The molecule has 0 amide bonds. The maximum atomic E-state index is 13.9. The van der Waals surface area contributed by atoms with Gasteiger partial charge in [0.15, 0.2) is 11.1 Å². The first-order valence-corrected chi connectivity index (χ1v) is 11.6. The fraction of sp³-hybridized carbons (Fsp3) is 0.286. The second-order valence-corrected chi connectivity index (χ2v) is 9.76. The van der Waals surface area contributed by atoms with Crippen molar-refractivity contribution in [1.82, 2.24) is 9.97 Å². The Morgan fingerprint density at radius 2 is 1.92 bits per heavy atom. The van der Waals surface area contributed by atoms with Gasteiger partial charge in [0.25, 0.3) is 0 Å². The van der Waals surface area contributed by atoms with Crippen LogP contribution in [-0.4, -0.2) is 21.5 Å². The van der Waals surface area contributed by atoms with Gasteiger partial charge in [0.1, 0.15) is 16.9 Å². The highest BCUT2D eigenvalue weighted by Gasteiger charge is 2.25. The number of nitrogens with zero attached hydrogens (tertiary/aromatic N) is 2. The molecule has 8 heteroatoms. The van der Waals surface area contributed by atoms with E-state index in [4.69, 9.17) is 9.15 Å². The van der Waals surface area contributed by atoms with Crippen molar-refractivity contribution in [3.8, 4) is 11.3 Å². The molecular formula is C28H28FN3O4. The van der Waals surface area contributed by atoms with Crippen LogP contribution >= 0.6 is 0 Å². The van der Waals surface area contributed by atoms with Crippen LogP contribution in [0.4, 0.5) is 10.1 Å². The van der Waals surface area contributed by atoms with Crippen LogP contribution < -0.4 is 10.7 Å². The number of anilines is 1. The summed E-state index contributed by atoms with van der Waals surface area (Å²) in [6.07, 6.45) is 3.29. The number of halogens is 1. The van der Waals surface area contributed by atoms with E-state index in [-0.39, 0.29) is 11.1 Å². The van der Waals surface area contributed by atoms with Crippen molar-refractivity contribution in [2.24, 2.45) is 0 Å². The zero-order chi connectivity index (χ0) is 26.2. The molecule has 36 heavy (non-hydrogen) atoms. The van der Waals surface area contributed by atoms with Gasteiger partial charge in [0.05, 0.1) is 17.1 Å². The molecule has 3 aromatic heterocycles. The smallest absolute Gasteiger partial charge is 0.359 e. The maximum Gasteiger partial charge on any atom is 0.359 e. The molecular weight excluding hydrogens is 461 g/mol. The summed E-state index contributed by atoms with van der Waals surface area (Å²) in [4.78, 5) is 34.0. The summed E-state index contributed by atoms with van der Waals surface area (Å²) in [6.45, 7) is 10.7. The van der Waals surface area contributed by atoms with Crippen LogP contribution in [-0.2, 0) is 4.74 Å². The molecule has 1 aromatic carbocycles. The van der Waals surface area contributed by atoms with Crippen LogP contribution in [0.1, 0.15) is 60.9 Å². The van der Waals surface area contributed by atoms with Gasteiger partial charge < -0.3 is 14.5 Å². The second kappa shape index (κ2) is 9.53. The molecule has 186 valence electrons. The molecule has 4 rings (SSSR count). The van der Waals surface area contributed by atoms with Crippen LogP contribution in [0.25, 0.3) is 22.3 Å². The van der Waals surface area contributed by atoms with Crippen molar-refractivity contribution in [2.75, 3.05) is 5.32 Å². The zero-order valence-electron chi connectivity index (χ0n) is 21.1. The average molecular weight is 490 g/mol. The van der Waals surface area contributed by atoms with E-state index in [1.54, 1.807) is 52.2 Å². The highest BCUT2D eigenvalue weighted by Crippen LogP contribution is 2.32. The molecule has 1 atom stereocenters. The van der Waals surface area contributed by atoms with Gasteiger partial charge in [-0.1, -0.05) is 6.07 Å². The Hall–Kier alpha value is -4.07. The number of benzene rings is 1. The lowest BCUT2D eigenvalue weighted by Crippen LogP contribution is -2.25. The summed E-state index contributed by atoms with van der Waals surface area (Å²) in [5.74, 6) is -1.10. The summed E-state index contributed by atoms with van der Waals surface area (Å²) in [6, 6.07) is 9.49. The van der Waals surface area contributed by atoms with E-state index >= 15 is 0 Å². The zero-order valence-corrected chi connectivity index (χ0v) is 21.1. The minimum absolute atomic E-state index is 0.134. The van der Waals surface area contributed by atoms with Gasteiger partial charge in [-0.05, 0) is 77.4 Å². The molecule has 7 nitrogen and oxygen atoms in total. The first-order valence-electron chi connectivity index (χ1n) is 11.6. The number of carbonyl (C=O) groups excluding carboxylic acids is 1. The maximum absolute atomic E-state index is 13.9. The predicted octanol–water partition coefficient (Wildman–Crippen LogP) is 6.13. The number of carbonyl (C=O) groups is 1. The van der Waals surface area contributed by atoms with Gasteiger partial charge in [-0.2, -0.15) is 4.39 Å². The molecule has 0 aliphatic rings. The Morgan fingerprint density at radius 1 is 1.17 bits per heavy atom. The van der Waals surface area contributed by atoms with E-state index in [9.17, 15) is 14.0 Å². The van der Waals surface area contributed by atoms with E-state index in [0.717, 1.165) is 5.56 Å². The van der Waals surface area contributed by atoms with Crippen molar-refractivity contribution in [3.63, 3.8) is 0 Å². The van der Waals surface area contributed by atoms with Gasteiger partial charge in [-0.25, -0.2) is 9.78 Å². The number of aromatic nitrogens is 2. The van der Waals surface area contributed by atoms with Crippen molar-refractivity contribution in [3.05, 3.63) is 87.3 Å². The van der Waals surface area contributed by atoms with Crippen LogP contribution in [0, 0.1) is 19.8 Å². The van der Waals surface area contributed by atoms with Gasteiger partial charge in [-0.3, -0.25) is 9.78 Å². The predicted molar refractivity (Wildman–Crippen MR) is 137 cm³/mol. The third-order valence-electron chi connectivity index (χ3n) is 5.61. The molecule has 0 saturated heterocycles. The minimum atomic E-state index is -0.794. The summed E-state index contributed by atoms with van der Waals surface area (Å²) >= 11 is 0. The van der Waals surface area contributed by atoms with E-state index in [1.165, 1.54) is 12.1 Å². The Balaban J connectivity index is 1.82. The molecule has 0 aliphatic carbocycles. The first kappa shape index (κ1) is 25.0. The highest BCUT2D eigenvalue weighted by atomic mass is 19.1. The Bertz CT molecular complexity index is 1510. The lowest BCUT2D eigenvalue weighted by Gasteiger charge is -2.22. The van der Waals surface area contributed by atoms with Crippen LogP contribution in [0.5, 0.6) is 0 Å². The monoisotopic (exact) mass is 489 g/mol. The third kappa shape index (κ3) is 5.12. The number of ether oxygens (including phenoxy) is 1. The topological polar surface area (TPSA) is 94.3 Å². The molecule has 3 heterocycles. The summed E-state index contributed by atoms with van der Waals surface area (Å²) in [5.41, 5.74) is 2.40. The minimum Gasteiger partial charge on any atom is -0.455 e.